The molecule has 0 radical (unpaired) electrons. The van der Waals surface area contributed by atoms with Gasteiger partial charge in [-0.05, 0) is 50.5 Å². The zero-order chi connectivity index (χ0) is 15.4. The summed E-state index contributed by atoms with van der Waals surface area (Å²) >= 11 is 0. The van der Waals surface area contributed by atoms with Gasteiger partial charge in [-0.2, -0.15) is 0 Å². The van der Waals surface area contributed by atoms with E-state index in [9.17, 15) is 0 Å². The molecule has 4 nitrogen and oxygen atoms in total. The van der Waals surface area contributed by atoms with Crippen molar-refractivity contribution in [1.29, 1.82) is 0 Å². The third-order valence-electron chi connectivity index (χ3n) is 3.39. The highest BCUT2D eigenvalue weighted by Crippen LogP contribution is 2.25. The maximum Gasteiger partial charge on any atom is 0.139 e. The summed E-state index contributed by atoms with van der Waals surface area (Å²) in [6.07, 6.45) is 1.92. The molecule has 2 N–H and O–H groups in total. The molecule has 1 aromatic carbocycles. The van der Waals surface area contributed by atoms with E-state index in [0.717, 1.165) is 41.6 Å². The molecule has 0 unspecified atom stereocenters. The Morgan fingerprint density at radius 1 is 0.952 bits per heavy atom. The molecule has 4 heteroatoms. The highest BCUT2D eigenvalue weighted by Gasteiger charge is 2.10. The van der Waals surface area contributed by atoms with Gasteiger partial charge in [0.1, 0.15) is 17.5 Å². The second kappa shape index (κ2) is 6.57. The molecule has 2 aromatic rings. The summed E-state index contributed by atoms with van der Waals surface area (Å²) in [5, 5.41) is 6.59. The largest absolute Gasteiger partial charge is 0.373 e. The predicted octanol–water partition coefficient (Wildman–Crippen LogP) is 4.14. The first-order valence-electron chi connectivity index (χ1n) is 7.44. The molecule has 0 spiro atoms. The maximum absolute atomic E-state index is 4.66. The summed E-state index contributed by atoms with van der Waals surface area (Å²) in [7, 11) is 1.89. The molecule has 2 rings (SSSR count). The van der Waals surface area contributed by atoms with Gasteiger partial charge in [0.25, 0.3) is 0 Å². The lowest BCUT2D eigenvalue weighted by atomic mass is 10.1. The van der Waals surface area contributed by atoms with Crippen molar-refractivity contribution < 1.29 is 0 Å². The molecule has 0 aliphatic heterocycles. The fraction of sp³-hybridized carbons (Fsp3) is 0.412. The third-order valence-corrected chi connectivity index (χ3v) is 3.39. The summed E-state index contributed by atoms with van der Waals surface area (Å²) in [5.41, 5.74) is 4.59. The van der Waals surface area contributed by atoms with Gasteiger partial charge < -0.3 is 10.6 Å². The smallest absolute Gasteiger partial charge is 0.139 e. The van der Waals surface area contributed by atoms with E-state index < -0.39 is 0 Å². The molecule has 1 aromatic heterocycles. The van der Waals surface area contributed by atoms with E-state index in [2.05, 4.69) is 59.6 Å². The maximum atomic E-state index is 4.66. The average Bonchev–Trinajstić information content (AvgIpc) is 2.41. The second-order valence-electron chi connectivity index (χ2n) is 5.46. The highest BCUT2D eigenvalue weighted by molar-refractivity contribution is 5.65. The van der Waals surface area contributed by atoms with Crippen molar-refractivity contribution in [2.75, 3.05) is 17.7 Å². The Bertz CT molecular complexity index is 615. The van der Waals surface area contributed by atoms with Crippen LogP contribution in [0.4, 0.5) is 17.3 Å². The van der Waals surface area contributed by atoms with E-state index in [-0.39, 0.29) is 0 Å². The Morgan fingerprint density at radius 2 is 1.57 bits per heavy atom. The van der Waals surface area contributed by atoms with Gasteiger partial charge in [-0.15, -0.1) is 0 Å². The molecule has 0 bridgehead atoms. The molecular weight excluding hydrogens is 260 g/mol. The van der Waals surface area contributed by atoms with Gasteiger partial charge in [-0.1, -0.05) is 13.0 Å². The monoisotopic (exact) mass is 284 g/mol. The van der Waals surface area contributed by atoms with Gasteiger partial charge in [0, 0.05) is 24.7 Å². The minimum atomic E-state index is 0.874. The molecule has 112 valence electrons. The molecule has 0 saturated carbocycles. The summed E-state index contributed by atoms with van der Waals surface area (Å²) < 4.78 is 0. The fourth-order valence-electron chi connectivity index (χ4n) is 2.45. The Kier molecular flexibility index (Phi) is 4.78. The Balaban J connectivity index is 2.39. The van der Waals surface area contributed by atoms with Gasteiger partial charge in [-0.3, -0.25) is 0 Å². The highest BCUT2D eigenvalue weighted by atomic mass is 15.1. The Morgan fingerprint density at radius 3 is 2.14 bits per heavy atom. The molecule has 0 amide bonds. The van der Waals surface area contributed by atoms with Crippen LogP contribution in [-0.4, -0.2) is 17.0 Å². The lowest BCUT2D eigenvalue weighted by Crippen LogP contribution is -2.07. The first kappa shape index (κ1) is 15.3. The van der Waals surface area contributed by atoms with Gasteiger partial charge >= 0.3 is 0 Å². The first-order valence-corrected chi connectivity index (χ1v) is 7.44. The fourth-order valence-corrected chi connectivity index (χ4v) is 2.45. The standard InChI is InChI=1S/C17H24N4/c1-6-7-15-20-16(18-5)13(4)17(21-15)19-14-9-11(2)8-12(3)10-14/h8-10H,6-7H2,1-5H3,(H2,18,19,20,21). The zero-order valence-electron chi connectivity index (χ0n) is 13.5. The predicted molar refractivity (Wildman–Crippen MR) is 89.5 cm³/mol. The number of aromatic nitrogens is 2. The Labute approximate surface area is 127 Å². The summed E-state index contributed by atoms with van der Waals surface area (Å²) in [6, 6.07) is 6.43. The van der Waals surface area contributed by atoms with Gasteiger partial charge in [-0.25, -0.2) is 9.97 Å². The third kappa shape index (κ3) is 3.72. The lowest BCUT2D eigenvalue weighted by molar-refractivity contribution is 0.835. The van der Waals surface area contributed by atoms with Crippen LogP contribution in [0, 0.1) is 20.8 Å². The van der Waals surface area contributed by atoms with Crippen LogP contribution in [0.2, 0.25) is 0 Å². The first-order chi connectivity index (χ1) is 10.0. The molecule has 0 aliphatic rings. The minimum absolute atomic E-state index is 0.874. The van der Waals surface area contributed by atoms with Crippen molar-refractivity contribution in [2.45, 2.75) is 40.5 Å². The van der Waals surface area contributed by atoms with Crippen molar-refractivity contribution in [3.63, 3.8) is 0 Å². The van der Waals surface area contributed by atoms with Crippen LogP contribution in [0.1, 0.15) is 35.9 Å². The SMILES string of the molecule is CCCc1nc(NC)c(C)c(Nc2cc(C)cc(C)c2)n1. The van der Waals surface area contributed by atoms with E-state index in [1.165, 1.54) is 11.1 Å². The number of anilines is 3. The quantitative estimate of drug-likeness (QED) is 0.866. The van der Waals surface area contributed by atoms with Gasteiger partial charge in [0.15, 0.2) is 0 Å². The van der Waals surface area contributed by atoms with Crippen LogP contribution in [0.25, 0.3) is 0 Å². The van der Waals surface area contributed by atoms with Crippen molar-refractivity contribution in [3.8, 4) is 0 Å². The van der Waals surface area contributed by atoms with E-state index in [0.29, 0.717) is 0 Å². The molecule has 0 aliphatic carbocycles. The second-order valence-corrected chi connectivity index (χ2v) is 5.46. The van der Waals surface area contributed by atoms with Crippen LogP contribution in [0.15, 0.2) is 18.2 Å². The number of nitrogens with zero attached hydrogens (tertiary/aromatic N) is 2. The van der Waals surface area contributed by atoms with Crippen molar-refractivity contribution in [3.05, 3.63) is 40.7 Å². The minimum Gasteiger partial charge on any atom is -0.373 e. The molecule has 0 fully saturated rings. The van der Waals surface area contributed by atoms with E-state index >= 15 is 0 Å². The van der Waals surface area contributed by atoms with Crippen molar-refractivity contribution in [1.82, 2.24) is 9.97 Å². The van der Waals surface area contributed by atoms with Gasteiger partial charge in [0.2, 0.25) is 0 Å². The van der Waals surface area contributed by atoms with Crippen LogP contribution < -0.4 is 10.6 Å². The number of nitrogens with one attached hydrogen (secondary N) is 2. The number of rotatable bonds is 5. The van der Waals surface area contributed by atoms with Crippen LogP contribution in [0.3, 0.4) is 0 Å². The number of hydrogen-bond donors (Lipinski definition) is 2. The van der Waals surface area contributed by atoms with Crippen molar-refractivity contribution in [2.24, 2.45) is 0 Å². The normalized spacial score (nSPS) is 10.5. The Hall–Kier alpha value is -2.10. The molecule has 0 atom stereocenters. The topological polar surface area (TPSA) is 49.8 Å². The summed E-state index contributed by atoms with van der Waals surface area (Å²) in [4.78, 5) is 9.22. The number of benzene rings is 1. The summed E-state index contributed by atoms with van der Waals surface area (Å²) in [5.74, 6) is 2.64. The number of aryl methyl sites for hydroxylation is 3. The van der Waals surface area contributed by atoms with E-state index in [1.807, 2.05) is 14.0 Å². The lowest BCUT2D eigenvalue weighted by Gasteiger charge is -2.14. The van der Waals surface area contributed by atoms with E-state index in [1.54, 1.807) is 0 Å². The average molecular weight is 284 g/mol. The molecule has 21 heavy (non-hydrogen) atoms. The van der Waals surface area contributed by atoms with Crippen molar-refractivity contribution >= 4 is 17.3 Å². The molecule has 0 saturated heterocycles. The van der Waals surface area contributed by atoms with Crippen LogP contribution in [-0.2, 0) is 6.42 Å². The summed E-state index contributed by atoms with van der Waals surface area (Å²) in [6.45, 7) is 8.38. The number of hydrogen-bond acceptors (Lipinski definition) is 4. The molecule has 1 heterocycles. The van der Waals surface area contributed by atoms with Crippen LogP contribution in [0.5, 0.6) is 0 Å². The van der Waals surface area contributed by atoms with E-state index in [4.69, 9.17) is 0 Å². The molecular formula is C17H24N4. The van der Waals surface area contributed by atoms with Crippen LogP contribution >= 0.6 is 0 Å². The van der Waals surface area contributed by atoms with Gasteiger partial charge in [0.05, 0.1) is 0 Å². The zero-order valence-corrected chi connectivity index (χ0v) is 13.5.